The fourth-order valence-corrected chi connectivity index (χ4v) is 1.12. The van der Waals surface area contributed by atoms with Gasteiger partial charge in [-0.05, 0) is 15.9 Å². The third-order valence-electron chi connectivity index (χ3n) is 1.38. The van der Waals surface area contributed by atoms with Crippen LogP contribution in [0.3, 0.4) is 0 Å². The van der Waals surface area contributed by atoms with Crippen LogP contribution in [0.5, 0.6) is 11.6 Å². The zero-order chi connectivity index (χ0) is 11.5. The van der Waals surface area contributed by atoms with Gasteiger partial charge in [0, 0.05) is 16.7 Å². The Morgan fingerprint density at radius 1 is 1.47 bits per heavy atom. The number of hydrogen-bond acceptors (Lipinski definition) is 3. The minimum absolute atomic E-state index is 0.147. The van der Waals surface area contributed by atoms with Crippen molar-refractivity contribution < 1.29 is 22.6 Å². The number of alkyl halides is 3. The van der Waals surface area contributed by atoms with Gasteiger partial charge in [-0.3, -0.25) is 0 Å². The number of hydrogen-bond donors (Lipinski definition) is 0. The van der Waals surface area contributed by atoms with Crippen molar-refractivity contribution in [3.8, 4) is 11.6 Å². The second-order valence-electron chi connectivity index (χ2n) is 2.56. The van der Waals surface area contributed by atoms with E-state index in [-0.39, 0.29) is 11.6 Å². The SMILES string of the molecule is COc1cc(Br)cnc1OCC(F)(F)F. The normalized spacial score (nSPS) is 11.3. The Balaban J connectivity index is 2.76. The molecule has 1 aromatic heterocycles. The monoisotopic (exact) mass is 285 g/mol. The lowest BCUT2D eigenvalue weighted by Gasteiger charge is -2.11. The van der Waals surface area contributed by atoms with Crippen LogP contribution in [-0.4, -0.2) is 24.9 Å². The number of methoxy groups -OCH3 is 1. The summed E-state index contributed by atoms with van der Waals surface area (Å²) in [5.74, 6) is -0.0355. The third-order valence-corrected chi connectivity index (χ3v) is 1.81. The van der Waals surface area contributed by atoms with Gasteiger partial charge in [0.25, 0.3) is 5.88 Å². The summed E-state index contributed by atoms with van der Waals surface area (Å²) in [5, 5.41) is 0. The van der Waals surface area contributed by atoms with Gasteiger partial charge in [0.05, 0.1) is 7.11 Å². The molecule has 84 valence electrons. The van der Waals surface area contributed by atoms with Crippen molar-refractivity contribution in [2.75, 3.05) is 13.7 Å². The molecule has 1 heterocycles. The van der Waals surface area contributed by atoms with E-state index in [2.05, 4.69) is 25.7 Å². The van der Waals surface area contributed by atoms with Crippen molar-refractivity contribution in [2.45, 2.75) is 6.18 Å². The molecule has 1 rings (SSSR count). The maximum absolute atomic E-state index is 11.9. The molecule has 0 unspecified atom stereocenters. The molecule has 0 saturated carbocycles. The van der Waals surface area contributed by atoms with Gasteiger partial charge >= 0.3 is 6.18 Å². The first-order chi connectivity index (χ1) is 6.92. The van der Waals surface area contributed by atoms with Gasteiger partial charge in [0.15, 0.2) is 12.4 Å². The van der Waals surface area contributed by atoms with Crippen molar-refractivity contribution in [1.82, 2.24) is 4.98 Å². The van der Waals surface area contributed by atoms with Crippen LogP contribution >= 0.6 is 15.9 Å². The van der Waals surface area contributed by atoms with Gasteiger partial charge < -0.3 is 9.47 Å². The van der Waals surface area contributed by atoms with Crippen LogP contribution in [0.1, 0.15) is 0 Å². The molecule has 0 saturated heterocycles. The Kier molecular flexibility index (Phi) is 3.78. The molecule has 0 radical (unpaired) electrons. The molecular formula is C8H7BrF3NO2. The average molecular weight is 286 g/mol. The van der Waals surface area contributed by atoms with Gasteiger partial charge in [-0.25, -0.2) is 4.98 Å². The fourth-order valence-electron chi connectivity index (χ4n) is 0.813. The molecule has 3 nitrogen and oxygen atoms in total. The first-order valence-corrected chi connectivity index (χ1v) is 4.61. The molecule has 0 atom stereocenters. The minimum atomic E-state index is -4.39. The number of ether oxygens (including phenoxy) is 2. The van der Waals surface area contributed by atoms with E-state index < -0.39 is 12.8 Å². The van der Waals surface area contributed by atoms with Crippen LogP contribution in [0.15, 0.2) is 16.7 Å². The zero-order valence-electron chi connectivity index (χ0n) is 7.64. The molecule has 7 heteroatoms. The Labute approximate surface area is 92.3 Å². The molecule has 0 amide bonds. The van der Waals surface area contributed by atoms with Crippen LogP contribution in [0.4, 0.5) is 13.2 Å². The second-order valence-corrected chi connectivity index (χ2v) is 3.48. The first kappa shape index (κ1) is 12.1. The number of rotatable bonds is 3. The smallest absolute Gasteiger partial charge is 0.422 e. The highest BCUT2D eigenvalue weighted by Crippen LogP contribution is 2.28. The molecule has 0 aliphatic rings. The predicted molar refractivity (Wildman–Crippen MR) is 50.0 cm³/mol. The van der Waals surface area contributed by atoms with Crippen LogP contribution in [-0.2, 0) is 0 Å². The number of pyridine rings is 1. The zero-order valence-corrected chi connectivity index (χ0v) is 9.22. The van der Waals surface area contributed by atoms with E-state index in [0.717, 1.165) is 0 Å². The summed E-state index contributed by atoms with van der Waals surface area (Å²) in [7, 11) is 1.32. The molecule has 1 aromatic rings. The largest absolute Gasteiger partial charge is 0.491 e. The maximum atomic E-state index is 11.9. The maximum Gasteiger partial charge on any atom is 0.422 e. The van der Waals surface area contributed by atoms with Gasteiger partial charge in [-0.2, -0.15) is 13.2 Å². The van der Waals surface area contributed by atoms with E-state index >= 15 is 0 Å². The van der Waals surface area contributed by atoms with E-state index in [1.165, 1.54) is 19.4 Å². The highest BCUT2D eigenvalue weighted by atomic mass is 79.9. The summed E-state index contributed by atoms with van der Waals surface area (Å²) in [4.78, 5) is 3.66. The van der Waals surface area contributed by atoms with Crippen LogP contribution in [0, 0.1) is 0 Å². The first-order valence-electron chi connectivity index (χ1n) is 3.81. The van der Waals surface area contributed by atoms with Gasteiger partial charge in [-0.1, -0.05) is 0 Å². The van der Waals surface area contributed by atoms with Crippen molar-refractivity contribution >= 4 is 15.9 Å². The number of aromatic nitrogens is 1. The molecule has 0 spiro atoms. The van der Waals surface area contributed by atoms with Gasteiger partial charge in [0.1, 0.15) is 0 Å². The molecule has 0 bridgehead atoms. The molecule has 0 aliphatic heterocycles. The standard InChI is InChI=1S/C8H7BrF3NO2/c1-14-6-2-5(9)3-13-7(6)15-4-8(10,11)12/h2-3H,4H2,1H3. The Hall–Kier alpha value is -0.980. The highest BCUT2D eigenvalue weighted by Gasteiger charge is 2.29. The lowest BCUT2D eigenvalue weighted by molar-refractivity contribution is -0.154. The lowest BCUT2D eigenvalue weighted by Crippen LogP contribution is -2.19. The van der Waals surface area contributed by atoms with Gasteiger partial charge in [-0.15, -0.1) is 0 Å². The Morgan fingerprint density at radius 3 is 2.67 bits per heavy atom. The van der Waals surface area contributed by atoms with E-state index in [9.17, 15) is 13.2 Å². The molecule has 0 fully saturated rings. The van der Waals surface area contributed by atoms with Crippen LogP contribution < -0.4 is 9.47 Å². The number of nitrogens with zero attached hydrogens (tertiary/aromatic N) is 1. The summed E-state index contributed by atoms with van der Waals surface area (Å²) < 4.78 is 45.4. The van der Waals surface area contributed by atoms with Crippen molar-refractivity contribution in [3.05, 3.63) is 16.7 Å². The van der Waals surface area contributed by atoms with Crippen LogP contribution in [0.2, 0.25) is 0 Å². The lowest BCUT2D eigenvalue weighted by atomic mass is 10.4. The quantitative estimate of drug-likeness (QED) is 0.856. The molecule has 0 aromatic carbocycles. The van der Waals surface area contributed by atoms with E-state index in [0.29, 0.717) is 4.47 Å². The Morgan fingerprint density at radius 2 is 2.13 bits per heavy atom. The van der Waals surface area contributed by atoms with E-state index in [1.807, 2.05) is 0 Å². The fraction of sp³-hybridized carbons (Fsp3) is 0.375. The topological polar surface area (TPSA) is 31.4 Å². The third kappa shape index (κ3) is 3.94. The summed E-state index contributed by atoms with van der Waals surface area (Å²) in [6.45, 7) is -1.39. The van der Waals surface area contributed by atoms with E-state index in [1.54, 1.807) is 0 Å². The predicted octanol–water partition coefficient (Wildman–Crippen LogP) is 2.79. The number of halogens is 4. The van der Waals surface area contributed by atoms with Crippen molar-refractivity contribution in [1.29, 1.82) is 0 Å². The molecular weight excluding hydrogens is 279 g/mol. The van der Waals surface area contributed by atoms with Gasteiger partial charge in [0.2, 0.25) is 0 Å². The molecule has 0 aliphatic carbocycles. The molecule has 15 heavy (non-hydrogen) atoms. The van der Waals surface area contributed by atoms with E-state index in [4.69, 9.17) is 4.74 Å². The summed E-state index contributed by atoms with van der Waals surface area (Å²) in [6.07, 6.45) is -3.06. The highest BCUT2D eigenvalue weighted by molar-refractivity contribution is 9.10. The summed E-state index contributed by atoms with van der Waals surface area (Å²) >= 11 is 3.11. The van der Waals surface area contributed by atoms with Crippen molar-refractivity contribution in [2.24, 2.45) is 0 Å². The summed E-state index contributed by atoms with van der Waals surface area (Å²) in [5.41, 5.74) is 0. The van der Waals surface area contributed by atoms with Crippen LogP contribution in [0.25, 0.3) is 0 Å². The summed E-state index contributed by atoms with van der Waals surface area (Å²) in [6, 6.07) is 1.47. The average Bonchev–Trinajstić information content (AvgIpc) is 2.14. The minimum Gasteiger partial charge on any atom is -0.491 e. The molecule has 0 N–H and O–H groups in total. The Bertz CT molecular complexity index is 343. The second kappa shape index (κ2) is 4.69. The van der Waals surface area contributed by atoms with Crippen molar-refractivity contribution in [3.63, 3.8) is 0 Å².